The first-order chi connectivity index (χ1) is 7.62. The third-order valence-electron chi connectivity index (χ3n) is 3.09. The van der Waals surface area contributed by atoms with Gasteiger partial charge in [-0.2, -0.15) is 0 Å². The standard InChI is InChI=1S/2C8H17/c2*1-4-6-7-8(3)5-2/h2*8H,3-7H2,1-2H3. The molecular weight excluding hydrogens is 192 g/mol. The second-order valence-corrected chi connectivity index (χ2v) is 4.83. The SMILES string of the molecule is [CH2]C(CC)CCCC.[CH2]C(CC)CCCC. The van der Waals surface area contributed by atoms with Gasteiger partial charge in [-0.3, -0.25) is 0 Å². The number of hydrogen-bond acceptors (Lipinski definition) is 0. The molecule has 0 nitrogen and oxygen atoms in total. The first-order valence-corrected chi connectivity index (χ1v) is 7.28. The highest BCUT2D eigenvalue weighted by atomic mass is 14.0. The molecule has 0 aliphatic carbocycles. The molecule has 0 rings (SSSR count). The van der Waals surface area contributed by atoms with Crippen molar-refractivity contribution in [2.45, 2.75) is 79.1 Å². The van der Waals surface area contributed by atoms with Gasteiger partial charge in [0, 0.05) is 0 Å². The van der Waals surface area contributed by atoms with Gasteiger partial charge in [-0.15, -0.1) is 0 Å². The zero-order chi connectivity index (χ0) is 12.8. The molecule has 0 fully saturated rings. The maximum absolute atomic E-state index is 3.99. The fraction of sp³-hybridized carbons (Fsp3) is 0.875. The lowest BCUT2D eigenvalue weighted by Gasteiger charge is -2.04. The van der Waals surface area contributed by atoms with Crippen molar-refractivity contribution >= 4 is 0 Å². The van der Waals surface area contributed by atoms with Crippen molar-refractivity contribution < 1.29 is 0 Å². The zero-order valence-electron chi connectivity index (χ0n) is 12.2. The largest absolute Gasteiger partial charge is 0.0654 e. The third kappa shape index (κ3) is 16.4. The number of rotatable bonds is 8. The molecule has 0 heteroatoms. The molecule has 0 N–H and O–H groups in total. The zero-order valence-corrected chi connectivity index (χ0v) is 12.2. The summed E-state index contributed by atoms with van der Waals surface area (Å²) in [6.07, 6.45) is 10.4. The quantitative estimate of drug-likeness (QED) is 0.471. The van der Waals surface area contributed by atoms with Crippen LogP contribution in [0.15, 0.2) is 0 Å². The van der Waals surface area contributed by atoms with Crippen LogP contribution in [0.3, 0.4) is 0 Å². The van der Waals surface area contributed by atoms with Crippen molar-refractivity contribution in [1.29, 1.82) is 0 Å². The van der Waals surface area contributed by atoms with Crippen molar-refractivity contribution in [2.75, 3.05) is 0 Å². The van der Waals surface area contributed by atoms with Crippen molar-refractivity contribution in [1.82, 2.24) is 0 Å². The van der Waals surface area contributed by atoms with E-state index in [2.05, 4.69) is 41.5 Å². The van der Waals surface area contributed by atoms with Crippen LogP contribution in [0.2, 0.25) is 0 Å². The summed E-state index contributed by atoms with van der Waals surface area (Å²) in [4.78, 5) is 0. The molecule has 16 heavy (non-hydrogen) atoms. The minimum Gasteiger partial charge on any atom is -0.0654 e. The highest BCUT2D eigenvalue weighted by Gasteiger charge is 1.95. The topological polar surface area (TPSA) is 0 Å². The number of hydrogen-bond donors (Lipinski definition) is 0. The van der Waals surface area contributed by atoms with Crippen molar-refractivity contribution in [3.63, 3.8) is 0 Å². The molecule has 0 heterocycles. The minimum absolute atomic E-state index is 0.704. The molecule has 0 aliphatic rings. The highest BCUT2D eigenvalue weighted by molar-refractivity contribution is 4.57. The number of unbranched alkanes of at least 4 members (excludes halogenated alkanes) is 2. The van der Waals surface area contributed by atoms with Crippen LogP contribution in [0, 0.1) is 25.7 Å². The van der Waals surface area contributed by atoms with E-state index in [1.807, 2.05) is 0 Å². The van der Waals surface area contributed by atoms with Crippen molar-refractivity contribution in [2.24, 2.45) is 11.8 Å². The Bertz CT molecular complexity index is 92.6. The molecule has 98 valence electrons. The average molecular weight is 226 g/mol. The van der Waals surface area contributed by atoms with Crippen LogP contribution in [-0.4, -0.2) is 0 Å². The van der Waals surface area contributed by atoms with Crippen LogP contribution in [0.5, 0.6) is 0 Å². The van der Waals surface area contributed by atoms with Crippen molar-refractivity contribution in [3.8, 4) is 0 Å². The Balaban J connectivity index is 0. The van der Waals surface area contributed by atoms with Crippen LogP contribution in [0.1, 0.15) is 79.1 Å². The molecule has 0 aromatic heterocycles. The first-order valence-electron chi connectivity index (χ1n) is 7.28. The van der Waals surface area contributed by atoms with Gasteiger partial charge in [0.05, 0.1) is 0 Å². The Morgan fingerprint density at radius 3 is 1.19 bits per heavy atom. The predicted molar refractivity (Wildman–Crippen MR) is 77.3 cm³/mol. The molecule has 2 atom stereocenters. The van der Waals surface area contributed by atoms with E-state index < -0.39 is 0 Å². The van der Waals surface area contributed by atoms with Crippen LogP contribution in [0.25, 0.3) is 0 Å². The van der Waals surface area contributed by atoms with E-state index >= 15 is 0 Å². The Morgan fingerprint density at radius 2 is 1.00 bits per heavy atom. The summed E-state index contributed by atoms with van der Waals surface area (Å²) < 4.78 is 0. The molecule has 0 aromatic carbocycles. The lowest BCUT2D eigenvalue weighted by atomic mass is 10.0. The molecule has 0 amide bonds. The lowest BCUT2D eigenvalue weighted by Crippen LogP contribution is -1.90. The fourth-order valence-electron chi connectivity index (χ4n) is 1.39. The van der Waals surface area contributed by atoms with Gasteiger partial charge in [-0.1, -0.05) is 92.9 Å². The van der Waals surface area contributed by atoms with E-state index in [0.29, 0.717) is 11.8 Å². The van der Waals surface area contributed by atoms with Gasteiger partial charge in [0.25, 0.3) is 0 Å². The third-order valence-corrected chi connectivity index (χ3v) is 3.09. The summed E-state index contributed by atoms with van der Waals surface area (Å²) in [5.41, 5.74) is 0. The molecule has 0 saturated heterocycles. The van der Waals surface area contributed by atoms with Crippen LogP contribution in [-0.2, 0) is 0 Å². The molecule has 0 spiro atoms. The molecule has 0 bridgehead atoms. The molecule has 2 radical (unpaired) electrons. The van der Waals surface area contributed by atoms with Gasteiger partial charge in [-0.05, 0) is 11.8 Å². The van der Waals surface area contributed by atoms with Crippen LogP contribution in [0.4, 0.5) is 0 Å². The first kappa shape index (κ1) is 18.4. The Hall–Kier alpha value is 0. The van der Waals surface area contributed by atoms with Gasteiger partial charge >= 0.3 is 0 Å². The average Bonchev–Trinajstić information content (AvgIpc) is 2.33. The summed E-state index contributed by atoms with van der Waals surface area (Å²) in [5.74, 6) is 1.41. The second kappa shape index (κ2) is 15.0. The smallest absolute Gasteiger partial charge is 0.0417 e. The summed E-state index contributed by atoms with van der Waals surface area (Å²) >= 11 is 0. The predicted octanol–water partition coefficient (Wildman–Crippen LogP) is 6.07. The Kier molecular flexibility index (Phi) is 17.2. The van der Waals surface area contributed by atoms with E-state index in [4.69, 9.17) is 0 Å². The summed E-state index contributed by atoms with van der Waals surface area (Å²) in [6.45, 7) is 16.8. The Labute approximate surface area is 105 Å². The summed E-state index contributed by atoms with van der Waals surface area (Å²) in [5, 5.41) is 0. The van der Waals surface area contributed by atoms with Gasteiger partial charge in [-0.25, -0.2) is 0 Å². The van der Waals surface area contributed by atoms with E-state index in [9.17, 15) is 0 Å². The van der Waals surface area contributed by atoms with E-state index in [1.165, 1.54) is 51.4 Å². The van der Waals surface area contributed by atoms with E-state index in [-0.39, 0.29) is 0 Å². The molecular formula is C16H34. The van der Waals surface area contributed by atoms with Gasteiger partial charge in [0.2, 0.25) is 0 Å². The van der Waals surface area contributed by atoms with Crippen LogP contribution < -0.4 is 0 Å². The maximum atomic E-state index is 3.99. The monoisotopic (exact) mass is 226 g/mol. The fourth-order valence-corrected chi connectivity index (χ4v) is 1.39. The van der Waals surface area contributed by atoms with Crippen LogP contribution >= 0.6 is 0 Å². The highest BCUT2D eigenvalue weighted by Crippen LogP contribution is 2.10. The Morgan fingerprint density at radius 1 is 0.688 bits per heavy atom. The van der Waals surface area contributed by atoms with Crippen molar-refractivity contribution in [3.05, 3.63) is 13.8 Å². The molecule has 2 unspecified atom stereocenters. The maximum Gasteiger partial charge on any atom is -0.0417 e. The van der Waals surface area contributed by atoms with E-state index in [1.54, 1.807) is 0 Å². The molecule has 0 aromatic rings. The van der Waals surface area contributed by atoms with Gasteiger partial charge in [0.15, 0.2) is 0 Å². The molecule has 0 saturated carbocycles. The summed E-state index contributed by atoms with van der Waals surface area (Å²) in [7, 11) is 0. The van der Waals surface area contributed by atoms with Gasteiger partial charge in [0.1, 0.15) is 0 Å². The lowest BCUT2D eigenvalue weighted by molar-refractivity contribution is 0.537. The molecule has 0 aliphatic heterocycles. The normalized spacial score (nSPS) is 13.9. The second-order valence-electron chi connectivity index (χ2n) is 4.83. The van der Waals surface area contributed by atoms with E-state index in [0.717, 1.165) is 0 Å². The minimum atomic E-state index is 0.704. The summed E-state index contributed by atoms with van der Waals surface area (Å²) in [6, 6.07) is 0. The van der Waals surface area contributed by atoms with Gasteiger partial charge < -0.3 is 0 Å².